The van der Waals surface area contributed by atoms with Crippen molar-refractivity contribution in [2.24, 2.45) is 10.9 Å². The summed E-state index contributed by atoms with van der Waals surface area (Å²) >= 11 is 11.6. The van der Waals surface area contributed by atoms with Gasteiger partial charge in [-0.15, -0.1) is 0 Å². The number of amidine groups is 1. The van der Waals surface area contributed by atoms with Gasteiger partial charge in [0.1, 0.15) is 11.6 Å². The summed E-state index contributed by atoms with van der Waals surface area (Å²) in [5.41, 5.74) is 7.53. The average Bonchev–Trinajstić information content (AvgIpc) is 2.63. The Bertz CT molecular complexity index is 707. The number of hydrogen-bond acceptors (Lipinski definition) is 4. The predicted molar refractivity (Wildman–Crippen MR) is 101 cm³/mol. The monoisotopic (exact) mass is 382 g/mol. The first-order valence-corrected chi connectivity index (χ1v) is 8.19. The Labute approximate surface area is 157 Å². The summed E-state index contributed by atoms with van der Waals surface area (Å²) in [6, 6.07) is 13.4. The molecule has 0 fully saturated rings. The molecule has 2 aromatic carbocycles. The second-order valence-electron chi connectivity index (χ2n) is 4.96. The summed E-state index contributed by atoms with van der Waals surface area (Å²) in [5.74, 6) is 0.972. The molecule has 134 valence electrons. The zero-order valence-electron chi connectivity index (χ0n) is 14.0. The van der Waals surface area contributed by atoms with Crippen molar-refractivity contribution in [3.05, 3.63) is 63.6 Å². The molecular formula is C18H20Cl2N2O3. The lowest BCUT2D eigenvalue weighted by Gasteiger charge is -2.07. The van der Waals surface area contributed by atoms with Crippen LogP contribution >= 0.6 is 23.2 Å². The minimum atomic E-state index is 0.245. The fourth-order valence-corrected chi connectivity index (χ4v) is 2.37. The second-order valence-corrected chi connectivity index (χ2v) is 5.77. The third-order valence-electron chi connectivity index (χ3n) is 3.22. The number of ether oxygens (including phenoxy) is 1. The molecule has 25 heavy (non-hydrogen) atoms. The fraction of sp³-hybridized carbons (Fsp3) is 0.222. The lowest BCUT2D eigenvalue weighted by molar-refractivity contribution is -0.128. The van der Waals surface area contributed by atoms with Gasteiger partial charge in [0.25, 0.3) is 0 Å². The molecule has 2 aromatic rings. The van der Waals surface area contributed by atoms with Gasteiger partial charge in [-0.3, -0.25) is 4.79 Å². The Morgan fingerprint density at radius 1 is 1.16 bits per heavy atom. The molecule has 0 aromatic heterocycles. The SMILES string of the molecule is COc1c(Cl)ccc(Cl)c1C.N/C(CCc1ccccc1)=N\OC=O. The Hall–Kier alpha value is -2.24. The molecule has 0 spiro atoms. The van der Waals surface area contributed by atoms with Crippen LogP contribution < -0.4 is 10.5 Å². The van der Waals surface area contributed by atoms with Gasteiger partial charge in [-0.1, -0.05) is 58.7 Å². The van der Waals surface area contributed by atoms with Gasteiger partial charge in [-0.25, -0.2) is 0 Å². The van der Waals surface area contributed by atoms with Crippen LogP contribution in [0, 0.1) is 6.92 Å². The maximum Gasteiger partial charge on any atom is 0.323 e. The number of nitrogens with zero attached hydrogens (tertiary/aromatic N) is 1. The van der Waals surface area contributed by atoms with Gasteiger partial charge in [0.2, 0.25) is 0 Å². The zero-order valence-corrected chi connectivity index (χ0v) is 15.6. The van der Waals surface area contributed by atoms with Crippen molar-refractivity contribution in [3.63, 3.8) is 0 Å². The first kappa shape index (κ1) is 20.8. The van der Waals surface area contributed by atoms with Crippen molar-refractivity contribution in [2.75, 3.05) is 7.11 Å². The van der Waals surface area contributed by atoms with E-state index in [0.717, 1.165) is 12.0 Å². The third-order valence-corrected chi connectivity index (χ3v) is 3.93. The van der Waals surface area contributed by atoms with Crippen LogP contribution in [-0.2, 0) is 16.1 Å². The molecule has 0 aliphatic carbocycles. The van der Waals surface area contributed by atoms with E-state index in [2.05, 4.69) is 9.99 Å². The minimum absolute atomic E-state index is 0.245. The number of methoxy groups -OCH3 is 1. The van der Waals surface area contributed by atoms with Crippen molar-refractivity contribution in [3.8, 4) is 5.75 Å². The van der Waals surface area contributed by atoms with Gasteiger partial charge in [-0.2, -0.15) is 0 Å². The molecule has 0 aliphatic heterocycles. The molecule has 0 bridgehead atoms. The van der Waals surface area contributed by atoms with Crippen LogP contribution in [0.25, 0.3) is 0 Å². The molecule has 0 saturated carbocycles. The highest BCUT2D eigenvalue weighted by molar-refractivity contribution is 6.34. The molecule has 0 unspecified atom stereocenters. The number of hydrogen-bond donors (Lipinski definition) is 1. The number of benzene rings is 2. The number of oxime groups is 1. The van der Waals surface area contributed by atoms with E-state index in [0.29, 0.717) is 28.1 Å². The first-order valence-electron chi connectivity index (χ1n) is 7.44. The number of nitrogens with two attached hydrogens (primary N) is 1. The van der Waals surface area contributed by atoms with Crippen LogP contribution in [0.5, 0.6) is 5.75 Å². The molecule has 0 amide bonds. The molecular weight excluding hydrogens is 363 g/mol. The number of aryl methyl sites for hydroxylation is 1. The summed E-state index contributed by atoms with van der Waals surface area (Å²) in [4.78, 5) is 14.0. The quantitative estimate of drug-likeness (QED) is 0.264. The van der Waals surface area contributed by atoms with Crippen LogP contribution in [0.2, 0.25) is 10.0 Å². The molecule has 0 saturated heterocycles. The van der Waals surface area contributed by atoms with E-state index in [1.807, 2.05) is 37.3 Å². The maximum atomic E-state index is 9.80. The smallest absolute Gasteiger partial charge is 0.323 e. The standard InChI is InChI=1S/C10H12N2O2.C8H8Cl2O/c11-10(12-14-8-13)7-6-9-4-2-1-3-5-9;1-5-6(9)3-4-7(10)8(5)11-2/h1-5,8H,6-7H2,(H2,11,12);3-4H,1-2H3. The Morgan fingerprint density at radius 2 is 1.80 bits per heavy atom. The lowest BCUT2D eigenvalue weighted by atomic mass is 10.1. The van der Waals surface area contributed by atoms with Gasteiger partial charge in [-0.05, 0) is 31.0 Å². The minimum Gasteiger partial charge on any atom is -0.495 e. The molecule has 2 N–H and O–H groups in total. The third kappa shape index (κ3) is 7.45. The van der Waals surface area contributed by atoms with Crippen molar-refractivity contribution in [1.82, 2.24) is 0 Å². The van der Waals surface area contributed by atoms with Crippen molar-refractivity contribution in [1.29, 1.82) is 0 Å². The normalized spacial score (nSPS) is 10.5. The van der Waals surface area contributed by atoms with E-state index in [1.54, 1.807) is 19.2 Å². The van der Waals surface area contributed by atoms with E-state index >= 15 is 0 Å². The van der Waals surface area contributed by atoms with Crippen molar-refractivity contribution >= 4 is 35.5 Å². The van der Waals surface area contributed by atoms with E-state index < -0.39 is 0 Å². The van der Waals surface area contributed by atoms with Crippen LogP contribution in [0.4, 0.5) is 0 Å². The number of rotatable bonds is 6. The van der Waals surface area contributed by atoms with Gasteiger partial charge >= 0.3 is 6.47 Å². The predicted octanol–water partition coefficient (Wildman–Crippen LogP) is 4.37. The molecule has 0 aliphatic rings. The largest absolute Gasteiger partial charge is 0.495 e. The van der Waals surface area contributed by atoms with E-state index in [1.165, 1.54) is 5.56 Å². The highest BCUT2D eigenvalue weighted by atomic mass is 35.5. The fourth-order valence-electron chi connectivity index (χ4n) is 1.94. The zero-order chi connectivity index (χ0) is 18.7. The van der Waals surface area contributed by atoms with Crippen LogP contribution in [0.3, 0.4) is 0 Å². The van der Waals surface area contributed by atoms with Gasteiger partial charge in [0.15, 0.2) is 0 Å². The summed E-state index contributed by atoms with van der Waals surface area (Å²) in [6.45, 7) is 2.11. The number of carbonyl (C=O) groups excluding carboxylic acids is 1. The Kier molecular flexibility index (Phi) is 9.43. The highest BCUT2D eigenvalue weighted by Crippen LogP contribution is 2.32. The van der Waals surface area contributed by atoms with E-state index in [4.69, 9.17) is 33.7 Å². The van der Waals surface area contributed by atoms with E-state index in [-0.39, 0.29) is 6.47 Å². The summed E-state index contributed by atoms with van der Waals surface area (Å²) in [5, 5.41) is 4.65. The van der Waals surface area contributed by atoms with Crippen molar-refractivity contribution < 1.29 is 14.4 Å². The molecule has 0 atom stereocenters. The van der Waals surface area contributed by atoms with Gasteiger partial charge in [0.05, 0.1) is 12.1 Å². The van der Waals surface area contributed by atoms with Crippen LogP contribution in [-0.4, -0.2) is 19.4 Å². The Morgan fingerprint density at radius 3 is 2.36 bits per heavy atom. The lowest BCUT2D eigenvalue weighted by Crippen LogP contribution is -2.13. The maximum absolute atomic E-state index is 9.80. The number of halogens is 2. The highest BCUT2D eigenvalue weighted by Gasteiger charge is 2.06. The van der Waals surface area contributed by atoms with Gasteiger partial charge < -0.3 is 15.3 Å². The van der Waals surface area contributed by atoms with Crippen molar-refractivity contribution in [2.45, 2.75) is 19.8 Å². The van der Waals surface area contributed by atoms with Crippen LogP contribution in [0.1, 0.15) is 17.5 Å². The second kappa shape index (κ2) is 11.3. The van der Waals surface area contributed by atoms with Crippen LogP contribution in [0.15, 0.2) is 47.6 Å². The summed E-state index contributed by atoms with van der Waals surface area (Å²) in [7, 11) is 1.57. The first-order chi connectivity index (χ1) is 12.0. The number of carbonyl (C=O) groups is 1. The summed E-state index contributed by atoms with van der Waals surface area (Å²) in [6.07, 6.45) is 1.37. The average molecular weight is 383 g/mol. The van der Waals surface area contributed by atoms with Gasteiger partial charge in [0, 0.05) is 17.0 Å². The molecule has 0 heterocycles. The summed E-state index contributed by atoms with van der Waals surface area (Å²) < 4.78 is 5.04. The van der Waals surface area contributed by atoms with E-state index in [9.17, 15) is 4.79 Å². The molecule has 2 rings (SSSR count). The molecule has 0 radical (unpaired) electrons. The molecule has 7 heteroatoms. The Balaban J connectivity index is 0.000000257. The topological polar surface area (TPSA) is 73.9 Å². The molecule has 5 nitrogen and oxygen atoms in total.